The number of hydrogen-bond donors (Lipinski definition) is 2. The fourth-order valence-corrected chi connectivity index (χ4v) is 2.73. The maximum Gasteiger partial charge on any atom is 0.151 e. The Morgan fingerprint density at radius 2 is 2.05 bits per heavy atom. The van der Waals surface area contributed by atoms with Gasteiger partial charge in [0.25, 0.3) is 0 Å². The zero-order valence-electron chi connectivity index (χ0n) is 12.4. The van der Waals surface area contributed by atoms with Gasteiger partial charge in [0, 0.05) is 24.0 Å². The van der Waals surface area contributed by atoms with Gasteiger partial charge in [-0.3, -0.25) is 0 Å². The number of halogens is 2. The van der Waals surface area contributed by atoms with E-state index in [9.17, 15) is 0 Å². The third kappa shape index (κ3) is 4.47. The Labute approximate surface area is 136 Å². The van der Waals surface area contributed by atoms with Crippen LogP contribution in [0.4, 0.5) is 0 Å². The Kier molecular flexibility index (Phi) is 6.09. The van der Waals surface area contributed by atoms with Crippen LogP contribution in [0.25, 0.3) is 0 Å². The summed E-state index contributed by atoms with van der Waals surface area (Å²) in [5, 5.41) is 4.76. The van der Waals surface area contributed by atoms with Gasteiger partial charge in [0.1, 0.15) is 5.82 Å². The van der Waals surface area contributed by atoms with Gasteiger partial charge in [0.15, 0.2) is 5.15 Å². The van der Waals surface area contributed by atoms with Crippen molar-refractivity contribution in [2.75, 3.05) is 0 Å². The molecular weight excluding hydrogens is 305 g/mol. The molecular formula is C16H21Cl2N3. The number of aromatic nitrogens is 2. The van der Waals surface area contributed by atoms with E-state index in [1.54, 1.807) is 0 Å². The lowest BCUT2D eigenvalue weighted by Gasteiger charge is -2.15. The predicted octanol–water partition coefficient (Wildman–Crippen LogP) is 4.91. The number of benzene rings is 1. The summed E-state index contributed by atoms with van der Waals surface area (Å²) >= 11 is 12.4. The molecule has 0 fully saturated rings. The lowest BCUT2D eigenvalue weighted by Crippen LogP contribution is -2.18. The maximum atomic E-state index is 6.21. The fraction of sp³-hybridized carbons (Fsp3) is 0.438. The second kappa shape index (κ2) is 7.83. The zero-order valence-corrected chi connectivity index (χ0v) is 13.9. The highest BCUT2D eigenvalue weighted by molar-refractivity contribution is 6.31. The number of rotatable bonds is 7. The van der Waals surface area contributed by atoms with E-state index in [1.165, 1.54) is 0 Å². The van der Waals surface area contributed by atoms with E-state index in [4.69, 9.17) is 23.2 Å². The van der Waals surface area contributed by atoms with Crippen molar-refractivity contribution < 1.29 is 0 Å². The minimum Gasteiger partial charge on any atom is -0.344 e. The minimum absolute atomic E-state index is 0.150. The molecule has 2 N–H and O–H groups in total. The summed E-state index contributed by atoms with van der Waals surface area (Å²) in [7, 11) is 0. The van der Waals surface area contributed by atoms with E-state index in [1.807, 2.05) is 24.3 Å². The number of unbranched alkanes of at least 4 members (excludes halogenated alkanes) is 1. The smallest absolute Gasteiger partial charge is 0.151 e. The van der Waals surface area contributed by atoms with Crippen LogP contribution in [0.5, 0.6) is 0 Å². The first-order valence-corrected chi connectivity index (χ1v) is 8.08. The molecule has 5 heteroatoms. The van der Waals surface area contributed by atoms with Gasteiger partial charge in [-0.05, 0) is 25.0 Å². The van der Waals surface area contributed by atoms with Crippen molar-refractivity contribution in [2.45, 2.75) is 45.7 Å². The van der Waals surface area contributed by atoms with Crippen LogP contribution in [-0.2, 0) is 13.0 Å². The molecule has 0 spiro atoms. The molecule has 1 aromatic heterocycles. The largest absolute Gasteiger partial charge is 0.344 e. The first-order valence-electron chi connectivity index (χ1n) is 7.32. The quantitative estimate of drug-likeness (QED) is 0.759. The van der Waals surface area contributed by atoms with Crippen molar-refractivity contribution in [1.82, 2.24) is 15.3 Å². The van der Waals surface area contributed by atoms with Gasteiger partial charge in [-0.25, -0.2) is 4.98 Å². The molecule has 1 atom stereocenters. The van der Waals surface area contributed by atoms with Gasteiger partial charge >= 0.3 is 0 Å². The van der Waals surface area contributed by atoms with Crippen molar-refractivity contribution in [3.63, 3.8) is 0 Å². The molecule has 0 bridgehead atoms. The summed E-state index contributed by atoms with van der Waals surface area (Å²) in [6.45, 7) is 4.89. The molecule has 1 aromatic carbocycles. The third-order valence-corrected chi connectivity index (χ3v) is 4.16. The highest BCUT2D eigenvalue weighted by Crippen LogP contribution is 2.23. The van der Waals surface area contributed by atoms with E-state index in [2.05, 4.69) is 29.1 Å². The Morgan fingerprint density at radius 3 is 2.76 bits per heavy atom. The van der Waals surface area contributed by atoms with Crippen molar-refractivity contribution in [2.24, 2.45) is 0 Å². The van der Waals surface area contributed by atoms with Crippen LogP contribution in [0.15, 0.2) is 24.3 Å². The molecule has 0 aliphatic carbocycles. The monoisotopic (exact) mass is 325 g/mol. The maximum absolute atomic E-state index is 6.21. The number of nitrogens with zero attached hydrogens (tertiary/aromatic N) is 1. The third-order valence-electron chi connectivity index (χ3n) is 3.50. The van der Waals surface area contributed by atoms with Crippen molar-refractivity contribution in [3.8, 4) is 0 Å². The highest BCUT2D eigenvalue weighted by Gasteiger charge is 2.12. The van der Waals surface area contributed by atoms with Crippen LogP contribution in [0.1, 0.15) is 49.8 Å². The molecule has 2 rings (SSSR count). The van der Waals surface area contributed by atoms with Gasteiger partial charge in [-0.2, -0.15) is 0 Å². The normalized spacial score (nSPS) is 12.6. The van der Waals surface area contributed by atoms with Crippen LogP contribution in [-0.4, -0.2) is 9.97 Å². The van der Waals surface area contributed by atoms with Crippen LogP contribution in [0, 0.1) is 0 Å². The van der Waals surface area contributed by atoms with Crippen molar-refractivity contribution in [1.29, 1.82) is 0 Å². The van der Waals surface area contributed by atoms with E-state index >= 15 is 0 Å². The SMILES string of the molecule is CCCCc1nc(Cl)c(CN[C@H](C)c2ccccc2Cl)[nH]1. The van der Waals surface area contributed by atoms with Crippen LogP contribution in [0.3, 0.4) is 0 Å². The fourth-order valence-electron chi connectivity index (χ4n) is 2.21. The van der Waals surface area contributed by atoms with E-state index in [0.29, 0.717) is 11.7 Å². The van der Waals surface area contributed by atoms with Gasteiger partial charge in [-0.1, -0.05) is 54.7 Å². The lowest BCUT2D eigenvalue weighted by atomic mass is 10.1. The number of aromatic amines is 1. The molecule has 2 aromatic rings. The highest BCUT2D eigenvalue weighted by atomic mass is 35.5. The van der Waals surface area contributed by atoms with Crippen molar-refractivity contribution in [3.05, 3.63) is 51.5 Å². The molecule has 0 radical (unpaired) electrons. The minimum atomic E-state index is 0.150. The molecule has 114 valence electrons. The standard InChI is InChI=1S/C16H21Cl2N3/c1-3-4-9-15-20-14(16(18)21-15)10-19-11(2)12-7-5-6-8-13(12)17/h5-8,11,19H,3-4,9-10H2,1-2H3,(H,20,21)/t11-/m1/s1. The topological polar surface area (TPSA) is 40.7 Å². The Bertz CT molecular complexity index is 581. The second-order valence-electron chi connectivity index (χ2n) is 5.18. The predicted molar refractivity (Wildman–Crippen MR) is 88.9 cm³/mol. The summed E-state index contributed by atoms with van der Waals surface area (Å²) in [6, 6.07) is 8.01. The summed E-state index contributed by atoms with van der Waals surface area (Å²) in [5.41, 5.74) is 2.02. The molecule has 3 nitrogen and oxygen atoms in total. The second-order valence-corrected chi connectivity index (χ2v) is 5.95. The van der Waals surface area contributed by atoms with Gasteiger partial charge in [-0.15, -0.1) is 0 Å². The van der Waals surface area contributed by atoms with Crippen LogP contribution < -0.4 is 5.32 Å². The number of hydrogen-bond acceptors (Lipinski definition) is 2. The first kappa shape index (κ1) is 16.3. The summed E-state index contributed by atoms with van der Waals surface area (Å²) in [6.07, 6.45) is 3.21. The number of imidazole rings is 1. The average molecular weight is 326 g/mol. The van der Waals surface area contributed by atoms with Crippen LogP contribution >= 0.6 is 23.2 Å². The Hall–Kier alpha value is -1.03. The number of aryl methyl sites for hydroxylation is 1. The van der Waals surface area contributed by atoms with Gasteiger partial charge < -0.3 is 10.3 Å². The summed E-state index contributed by atoms with van der Waals surface area (Å²) < 4.78 is 0. The zero-order chi connectivity index (χ0) is 15.2. The molecule has 0 unspecified atom stereocenters. The van der Waals surface area contributed by atoms with E-state index < -0.39 is 0 Å². The summed E-state index contributed by atoms with van der Waals surface area (Å²) in [5.74, 6) is 0.962. The Balaban J connectivity index is 1.96. The molecule has 0 aliphatic rings. The van der Waals surface area contributed by atoms with Crippen molar-refractivity contribution >= 4 is 23.2 Å². The van der Waals surface area contributed by atoms with E-state index in [-0.39, 0.29) is 6.04 Å². The van der Waals surface area contributed by atoms with Gasteiger partial charge in [0.2, 0.25) is 0 Å². The number of nitrogens with one attached hydrogen (secondary N) is 2. The molecule has 0 aliphatic heterocycles. The summed E-state index contributed by atoms with van der Waals surface area (Å²) in [4.78, 5) is 7.66. The average Bonchev–Trinajstić information content (AvgIpc) is 2.83. The van der Waals surface area contributed by atoms with Crippen LogP contribution in [0.2, 0.25) is 10.2 Å². The molecule has 1 heterocycles. The molecule has 0 amide bonds. The number of H-pyrrole nitrogens is 1. The first-order chi connectivity index (χ1) is 10.1. The molecule has 21 heavy (non-hydrogen) atoms. The lowest BCUT2D eigenvalue weighted by molar-refractivity contribution is 0.568. The molecule has 0 saturated carbocycles. The van der Waals surface area contributed by atoms with E-state index in [0.717, 1.165) is 41.4 Å². The van der Waals surface area contributed by atoms with Gasteiger partial charge in [0.05, 0.1) is 5.69 Å². The Morgan fingerprint density at radius 1 is 1.29 bits per heavy atom. The molecule has 0 saturated heterocycles.